The van der Waals surface area contributed by atoms with Crippen LogP contribution in [-0.2, 0) is 0 Å². The molecule has 0 atom stereocenters. The van der Waals surface area contributed by atoms with Crippen LogP contribution in [0.4, 0.5) is 5.13 Å². The number of aromatic nitrogens is 2. The van der Waals surface area contributed by atoms with Crippen molar-refractivity contribution in [1.82, 2.24) is 9.97 Å². The molecule has 0 spiro atoms. The molecule has 2 aromatic heterocycles. The van der Waals surface area contributed by atoms with Crippen molar-refractivity contribution < 1.29 is 4.79 Å². The third-order valence-corrected chi connectivity index (χ3v) is 4.55. The molecule has 2 heterocycles. The number of aromatic amines is 1. The number of thiazole rings is 1. The fourth-order valence-corrected chi connectivity index (χ4v) is 3.20. The predicted octanol–water partition coefficient (Wildman–Crippen LogP) is 4.37. The molecule has 2 N–H and O–H groups in total. The number of carbonyl (C=O) groups is 1. The van der Waals surface area contributed by atoms with Crippen LogP contribution in [0.25, 0.3) is 10.9 Å². The minimum Gasteiger partial charge on any atom is -0.354 e. The van der Waals surface area contributed by atoms with E-state index < -0.39 is 16.2 Å². The average Bonchev–Trinajstić information content (AvgIpc) is 3.00. The third-order valence-electron chi connectivity index (χ3n) is 3.11. The number of hydrogen-bond donors (Lipinski definition) is 2. The Kier molecular flexibility index (Phi) is 4.59. The zero-order chi connectivity index (χ0) is 16.6. The highest BCUT2D eigenvalue weighted by atomic mass is 35.5. The van der Waals surface area contributed by atoms with E-state index in [1.807, 2.05) is 0 Å². The number of carbonyl (C=O) groups excluding carboxylic acids is 1. The van der Waals surface area contributed by atoms with Crippen LogP contribution >= 0.6 is 46.1 Å². The lowest BCUT2D eigenvalue weighted by atomic mass is 10.1. The summed E-state index contributed by atoms with van der Waals surface area (Å²) in [4.78, 5) is 30.9. The number of pyridine rings is 1. The molecule has 0 bridgehead atoms. The second-order valence-electron chi connectivity index (χ2n) is 4.50. The van der Waals surface area contributed by atoms with Crippen molar-refractivity contribution in [2.75, 3.05) is 5.32 Å². The van der Waals surface area contributed by atoms with E-state index >= 15 is 0 Å². The largest absolute Gasteiger partial charge is 0.354 e. The highest BCUT2D eigenvalue weighted by molar-refractivity contribution is 7.13. The summed E-state index contributed by atoms with van der Waals surface area (Å²) in [6.45, 7) is 0. The molecule has 0 radical (unpaired) electrons. The Balaban J connectivity index is 2.22. The van der Waals surface area contributed by atoms with E-state index in [0.29, 0.717) is 15.7 Å². The molecule has 0 aliphatic carbocycles. The van der Waals surface area contributed by atoms with Gasteiger partial charge in [0.25, 0.3) is 5.91 Å². The second-order valence-corrected chi connectivity index (χ2v) is 6.90. The van der Waals surface area contributed by atoms with Crippen LogP contribution in [0.15, 0.2) is 34.6 Å². The Morgan fingerprint density at radius 2 is 2.13 bits per heavy atom. The number of hydrogen-bond acceptors (Lipinski definition) is 4. The van der Waals surface area contributed by atoms with Gasteiger partial charge in [-0.05, 0) is 12.1 Å². The first-order chi connectivity index (χ1) is 11.0. The number of nitrogens with one attached hydrogen (secondary N) is 2. The summed E-state index contributed by atoms with van der Waals surface area (Å²) in [7, 11) is 0. The molecule has 1 aromatic carbocycles. The number of halogens is 3. The summed E-state index contributed by atoms with van der Waals surface area (Å²) in [6, 6.07) is 4.82. The molecule has 5 nitrogen and oxygen atoms in total. The van der Waals surface area contributed by atoms with E-state index in [4.69, 9.17) is 34.8 Å². The first-order valence-corrected chi connectivity index (χ1v) is 8.45. The quantitative estimate of drug-likeness (QED) is 0.654. The highest BCUT2D eigenvalue weighted by Crippen LogP contribution is 2.29. The number of H-pyrrole nitrogens is 1. The molecule has 0 aliphatic heterocycles. The van der Waals surface area contributed by atoms with Gasteiger partial charge in [-0.15, -0.1) is 11.3 Å². The number of fused-ring (bicyclic) bond motifs is 1. The Morgan fingerprint density at radius 3 is 2.78 bits per heavy atom. The number of rotatable bonds is 3. The van der Waals surface area contributed by atoms with Crippen molar-refractivity contribution in [2.24, 2.45) is 0 Å². The average molecular weight is 389 g/mol. The van der Waals surface area contributed by atoms with Crippen LogP contribution in [0.3, 0.4) is 0 Å². The Hall–Kier alpha value is -1.60. The summed E-state index contributed by atoms with van der Waals surface area (Å²) < 4.78 is 0. The standard InChI is InChI=1S/C14H8Cl3N3O2S/c15-7-3-1-2-6-9(7)19-10(12(16)17)8(11(6)21)13(22)20-14-18-4-5-23-14/h1-5,12H,(H,19,21)(H,18,20,22). The molecule has 3 rings (SSSR count). The summed E-state index contributed by atoms with van der Waals surface area (Å²) in [5.74, 6) is -0.635. The number of para-hydroxylation sites is 1. The summed E-state index contributed by atoms with van der Waals surface area (Å²) in [5, 5.41) is 5.23. The number of anilines is 1. The summed E-state index contributed by atoms with van der Waals surface area (Å²) >= 11 is 19.2. The van der Waals surface area contributed by atoms with Crippen molar-refractivity contribution >= 4 is 68.1 Å². The van der Waals surface area contributed by atoms with Crippen molar-refractivity contribution in [3.05, 3.63) is 56.3 Å². The third kappa shape index (κ3) is 3.07. The van der Waals surface area contributed by atoms with E-state index in [9.17, 15) is 9.59 Å². The van der Waals surface area contributed by atoms with Crippen LogP contribution in [0, 0.1) is 0 Å². The Labute approximate surface area is 149 Å². The van der Waals surface area contributed by atoms with Crippen LogP contribution < -0.4 is 10.7 Å². The first-order valence-electron chi connectivity index (χ1n) is 6.32. The van der Waals surface area contributed by atoms with Gasteiger partial charge in [0.15, 0.2) is 5.13 Å². The fourth-order valence-electron chi connectivity index (χ4n) is 2.13. The van der Waals surface area contributed by atoms with E-state index in [0.717, 1.165) is 0 Å². The van der Waals surface area contributed by atoms with Crippen molar-refractivity contribution in [2.45, 2.75) is 4.84 Å². The topological polar surface area (TPSA) is 74.8 Å². The molecule has 0 unspecified atom stereocenters. The summed E-state index contributed by atoms with van der Waals surface area (Å²) in [6.07, 6.45) is 1.54. The van der Waals surface area contributed by atoms with Gasteiger partial charge in [-0.3, -0.25) is 14.9 Å². The Bertz CT molecular complexity index is 938. The zero-order valence-corrected chi connectivity index (χ0v) is 14.4. The van der Waals surface area contributed by atoms with Crippen molar-refractivity contribution in [1.29, 1.82) is 0 Å². The van der Waals surface area contributed by atoms with Crippen LogP contribution in [0.5, 0.6) is 0 Å². The van der Waals surface area contributed by atoms with Crippen LogP contribution in [-0.4, -0.2) is 15.9 Å². The minimum atomic E-state index is -1.10. The maximum absolute atomic E-state index is 12.7. The maximum atomic E-state index is 12.7. The molecule has 0 saturated heterocycles. The number of nitrogens with zero attached hydrogens (tertiary/aromatic N) is 1. The maximum Gasteiger partial charge on any atom is 0.263 e. The Morgan fingerprint density at radius 1 is 1.35 bits per heavy atom. The SMILES string of the molecule is O=C(Nc1nccs1)c1c(C(Cl)Cl)[nH]c2c(Cl)cccc2c1=O. The normalized spacial score (nSPS) is 11.1. The second kappa shape index (κ2) is 6.49. The van der Waals surface area contributed by atoms with Crippen molar-refractivity contribution in [3.63, 3.8) is 0 Å². The highest BCUT2D eigenvalue weighted by Gasteiger charge is 2.23. The number of alkyl halides is 2. The molecule has 0 aliphatic rings. The van der Waals surface area contributed by atoms with E-state index in [1.165, 1.54) is 17.5 Å². The van der Waals surface area contributed by atoms with Crippen LogP contribution in [0.1, 0.15) is 20.9 Å². The molecule has 23 heavy (non-hydrogen) atoms. The van der Waals surface area contributed by atoms with E-state index in [1.54, 1.807) is 23.6 Å². The van der Waals surface area contributed by atoms with Crippen LogP contribution in [0.2, 0.25) is 5.02 Å². The van der Waals surface area contributed by atoms with Gasteiger partial charge in [0, 0.05) is 17.0 Å². The summed E-state index contributed by atoms with van der Waals surface area (Å²) in [5.41, 5.74) is -0.194. The number of benzene rings is 1. The minimum absolute atomic E-state index is 0.0907. The lowest BCUT2D eigenvalue weighted by Crippen LogP contribution is -2.25. The molecule has 3 aromatic rings. The van der Waals surface area contributed by atoms with Gasteiger partial charge in [-0.2, -0.15) is 0 Å². The monoisotopic (exact) mass is 387 g/mol. The van der Waals surface area contributed by atoms with Crippen molar-refractivity contribution in [3.8, 4) is 0 Å². The lowest BCUT2D eigenvalue weighted by molar-refractivity contribution is 0.102. The van der Waals surface area contributed by atoms with Gasteiger partial charge in [0.2, 0.25) is 5.43 Å². The van der Waals surface area contributed by atoms with Gasteiger partial charge in [0.05, 0.1) is 16.2 Å². The molecular formula is C14H8Cl3N3O2S. The van der Waals surface area contributed by atoms with Gasteiger partial charge in [-0.25, -0.2) is 4.98 Å². The molecule has 118 valence electrons. The molecular weight excluding hydrogens is 381 g/mol. The van der Waals surface area contributed by atoms with Gasteiger partial charge in [-0.1, -0.05) is 40.9 Å². The zero-order valence-electron chi connectivity index (χ0n) is 11.3. The van der Waals surface area contributed by atoms with E-state index in [2.05, 4.69) is 15.3 Å². The predicted molar refractivity (Wildman–Crippen MR) is 94.1 cm³/mol. The number of amides is 1. The van der Waals surface area contributed by atoms with E-state index in [-0.39, 0.29) is 16.6 Å². The van der Waals surface area contributed by atoms with Gasteiger partial charge < -0.3 is 4.98 Å². The first kappa shape index (κ1) is 16.3. The molecule has 0 saturated carbocycles. The van der Waals surface area contributed by atoms with Gasteiger partial charge >= 0.3 is 0 Å². The molecule has 0 fully saturated rings. The fraction of sp³-hybridized carbons (Fsp3) is 0.0714. The molecule has 1 amide bonds. The smallest absolute Gasteiger partial charge is 0.263 e. The van der Waals surface area contributed by atoms with Gasteiger partial charge in [0.1, 0.15) is 10.4 Å². The molecule has 9 heteroatoms. The lowest BCUT2D eigenvalue weighted by Gasteiger charge is -2.12.